The molecule has 0 saturated carbocycles. The summed E-state index contributed by atoms with van der Waals surface area (Å²) in [6, 6.07) is 9.55. The molecule has 5 heteroatoms. The van der Waals surface area contributed by atoms with Crippen molar-refractivity contribution in [1.82, 2.24) is 9.97 Å². The van der Waals surface area contributed by atoms with Crippen LogP contribution in [0.3, 0.4) is 0 Å². The minimum atomic E-state index is -0.240. The summed E-state index contributed by atoms with van der Waals surface area (Å²) in [6.07, 6.45) is 1.66. The third-order valence-corrected chi connectivity index (χ3v) is 3.34. The number of anilines is 1. The molecule has 3 aromatic rings. The highest BCUT2D eigenvalue weighted by Gasteiger charge is 2.10. The Balaban J connectivity index is 2.03. The number of phenols is 1. The van der Waals surface area contributed by atoms with Crippen molar-refractivity contribution in [3.05, 3.63) is 54.0 Å². The number of H-pyrrole nitrogens is 1. The fourth-order valence-corrected chi connectivity index (χ4v) is 2.17. The molecule has 4 N–H and O–H groups in total. The number of hydrogen-bond acceptors (Lipinski definition) is 3. The van der Waals surface area contributed by atoms with E-state index in [-0.39, 0.29) is 11.6 Å². The Morgan fingerprint density at radius 2 is 2.00 bits per heavy atom. The van der Waals surface area contributed by atoms with Crippen LogP contribution in [-0.4, -0.2) is 15.1 Å². The number of nitrogen functional groups attached to an aromatic ring is 1. The maximum Gasteiger partial charge on any atom is 0.139 e. The number of aromatic nitrogens is 2. The number of hydrogen-bond donors (Lipinski definition) is 3. The summed E-state index contributed by atoms with van der Waals surface area (Å²) in [6.45, 7) is 1.71. The maximum absolute atomic E-state index is 13.3. The molecule has 1 aromatic heterocycles. The average molecular weight is 283 g/mol. The zero-order valence-electron chi connectivity index (χ0n) is 11.4. The summed E-state index contributed by atoms with van der Waals surface area (Å²) in [5.41, 5.74) is 9.20. The molecule has 21 heavy (non-hydrogen) atoms. The largest absolute Gasteiger partial charge is 0.508 e. The van der Waals surface area contributed by atoms with Crippen molar-refractivity contribution in [3.63, 3.8) is 0 Å². The lowest BCUT2D eigenvalue weighted by atomic mass is 10.1. The summed E-state index contributed by atoms with van der Waals surface area (Å²) in [7, 11) is 0. The number of benzene rings is 2. The number of halogens is 1. The molecule has 3 rings (SSSR count). The first-order chi connectivity index (χ1) is 10.0. The van der Waals surface area contributed by atoms with Gasteiger partial charge < -0.3 is 15.8 Å². The van der Waals surface area contributed by atoms with Crippen molar-refractivity contribution in [3.8, 4) is 28.4 Å². The van der Waals surface area contributed by atoms with Gasteiger partial charge in [0.05, 0.1) is 11.9 Å². The number of aromatic amines is 1. The molecule has 0 amide bonds. The summed E-state index contributed by atoms with van der Waals surface area (Å²) in [4.78, 5) is 7.41. The normalized spacial score (nSPS) is 10.8. The molecular weight excluding hydrogens is 269 g/mol. The zero-order chi connectivity index (χ0) is 15.0. The van der Waals surface area contributed by atoms with Crippen LogP contribution in [0.15, 0.2) is 42.6 Å². The third kappa shape index (κ3) is 2.45. The van der Waals surface area contributed by atoms with Gasteiger partial charge >= 0.3 is 0 Å². The lowest BCUT2D eigenvalue weighted by Crippen LogP contribution is -1.91. The molecule has 0 aliphatic heterocycles. The minimum absolute atomic E-state index is 0.120. The Labute approximate surface area is 121 Å². The molecule has 0 saturated heterocycles. The van der Waals surface area contributed by atoms with Gasteiger partial charge in [0.25, 0.3) is 0 Å². The van der Waals surface area contributed by atoms with Crippen molar-refractivity contribution in [2.75, 3.05) is 5.73 Å². The Hall–Kier alpha value is -2.82. The third-order valence-electron chi connectivity index (χ3n) is 3.34. The summed E-state index contributed by atoms with van der Waals surface area (Å²) < 4.78 is 13.3. The molecule has 0 aliphatic carbocycles. The minimum Gasteiger partial charge on any atom is -0.508 e. The number of nitrogens with zero attached hydrogens (tertiary/aromatic N) is 1. The predicted molar refractivity (Wildman–Crippen MR) is 80.2 cm³/mol. The van der Waals surface area contributed by atoms with E-state index in [9.17, 15) is 9.50 Å². The Morgan fingerprint density at radius 1 is 1.19 bits per heavy atom. The van der Waals surface area contributed by atoms with Crippen LogP contribution in [0.4, 0.5) is 10.1 Å². The van der Waals surface area contributed by atoms with E-state index in [1.807, 2.05) is 0 Å². The molecule has 0 atom stereocenters. The number of aryl methyl sites for hydroxylation is 1. The number of rotatable bonds is 2. The van der Waals surface area contributed by atoms with E-state index in [1.165, 1.54) is 12.1 Å². The van der Waals surface area contributed by atoms with Crippen molar-refractivity contribution in [2.45, 2.75) is 6.92 Å². The molecule has 0 bridgehead atoms. The fraction of sp³-hybridized carbons (Fsp3) is 0.0625. The number of nitrogens with two attached hydrogens (primary N) is 1. The molecule has 2 aromatic carbocycles. The van der Waals surface area contributed by atoms with E-state index >= 15 is 0 Å². The van der Waals surface area contributed by atoms with Gasteiger partial charge in [0.2, 0.25) is 0 Å². The van der Waals surface area contributed by atoms with E-state index in [0.717, 1.165) is 11.3 Å². The van der Waals surface area contributed by atoms with Gasteiger partial charge in [0.15, 0.2) is 0 Å². The summed E-state index contributed by atoms with van der Waals surface area (Å²) >= 11 is 0. The fourth-order valence-electron chi connectivity index (χ4n) is 2.17. The van der Waals surface area contributed by atoms with Crippen LogP contribution < -0.4 is 5.73 Å². The summed E-state index contributed by atoms with van der Waals surface area (Å²) in [5, 5.41) is 9.55. The molecule has 4 nitrogen and oxygen atoms in total. The van der Waals surface area contributed by atoms with Crippen LogP contribution in [0.5, 0.6) is 5.75 Å². The van der Waals surface area contributed by atoms with Crippen molar-refractivity contribution in [1.29, 1.82) is 0 Å². The first-order valence-electron chi connectivity index (χ1n) is 6.45. The number of imidazole rings is 1. The lowest BCUT2D eigenvalue weighted by Gasteiger charge is -2.03. The highest BCUT2D eigenvalue weighted by molar-refractivity contribution is 5.75. The van der Waals surface area contributed by atoms with Crippen LogP contribution in [-0.2, 0) is 0 Å². The first kappa shape index (κ1) is 13.2. The van der Waals surface area contributed by atoms with Crippen molar-refractivity contribution < 1.29 is 9.50 Å². The van der Waals surface area contributed by atoms with E-state index in [4.69, 9.17) is 5.73 Å². The molecule has 1 heterocycles. The predicted octanol–water partition coefficient (Wildman–Crippen LogP) is 3.48. The molecule has 0 spiro atoms. The Kier molecular flexibility index (Phi) is 3.10. The standard InChI is InChI=1S/C16H14FN3O/c1-9-6-10(2-4-13(9)17)15-8-19-16(20-15)12-7-11(21)3-5-14(12)18/h2-8,21H,18H2,1H3,(H,19,20). The van der Waals surface area contributed by atoms with Crippen LogP contribution in [0, 0.1) is 12.7 Å². The average Bonchev–Trinajstić information content (AvgIpc) is 2.94. The summed E-state index contributed by atoms with van der Waals surface area (Å²) in [5.74, 6) is 0.436. The van der Waals surface area contributed by atoms with Crippen LogP contribution in [0.1, 0.15) is 5.56 Å². The van der Waals surface area contributed by atoms with E-state index in [2.05, 4.69) is 9.97 Å². The Bertz CT molecular complexity index is 811. The molecule has 0 unspecified atom stereocenters. The van der Waals surface area contributed by atoms with Crippen molar-refractivity contribution >= 4 is 5.69 Å². The van der Waals surface area contributed by atoms with E-state index in [1.54, 1.807) is 37.4 Å². The van der Waals surface area contributed by atoms with E-state index < -0.39 is 0 Å². The topological polar surface area (TPSA) is 74.9 Å². The molecule has 0 fully saturated rings. The van der Waals surface area contributed by atoms with Gasteiger partial charge in [-0.05, 0) is 48.9 Å². The monoisotopic (exact) mass is 283 g/mol. The highest BCUT2D eigenvalue weighted by Crippen LogP contribution is 2.29. The SMILES string of the molecule is Cc1cc(-c2cnc(-c3cc(O)ccc3N)[nH]2)ccc1F. The Morgan fingerprint density at radius 3 is 2.76 bits per heavy atom. The number of phenolic OH excluding ortho intramolecular Hbond substituents is 1. The smallest absolute Gasteiger partial charge is 0.139 e. The van der Waals surface area contributed by atoms with Gasteiger partial charge in [-0.3, -0.25) is 0 Å². The van der Waals surface area contributed by atoms with Gasteiger partial charge in [-0.15, -0.1) is 0 Å². The number of nitrogens with one attached hydrogen (secondary N) is 1. The van der Waals surface area contributed by atoms with Gasteiger partial charge in [-0.25, -0.2) is 9.37 Å². The maximum atomic E-state index is 13.3. The van der Waals surface area contributed by atoms with Gasteiger partial charge in [-0.1, -0.05) is 0 Å². The second-order valence-electron chi connectivity index (χ2n) is 4.88. The van der Waals surface area contributed by atoms with Crippen LogP contribution in [0.2, 0.25) is 0 Å². The van der Waals surface area contributed by atoms with Crippen molar-refractivity contribution in [2.24, 2.45) is 0 Å². The molecule has 0 radical (unpaired) electrons. The molecule has 0 aliphatic rings. The molecular formula is C16H14FN3O. The van der Waals surface area contributed by atoms with Crippen LogP contribution >= 0.6 is 0 Å². The van der Waals surface area contributed by atoms with E-state index in [0.29, 0.717) is 22.6 Å². The molecule has 106 valence electrons. The zero-order valence-corrected chi connectivity index (χ0v) is 11.4. The second-order valence-corrected chi connectivity index (χ2v) is 4.88. The highest BCUT2D eigenvalue weighted by atomic mass is 19.1. The van der Waals surface area contributed by atoms with Crippen LogP contribution in [0.25, 0.3) is 22.6 Å². The van der Waals surface area contributed by atoms with Gasteiger partial charge in [0, 0.05) is 16.8 Å². The van der Waals surface area contributed by atoms with Gasteiger partial charge in [0.1, 0.15) is 17.4 Å². The number of aromatic hydroxyl groups is 1. The first-order valence-corrected chi connectivity index (χ1v) is 6.45. The quantitative estimate of drug-likeness (QED) is 0.498. The van der Waals surface area contributed by atoms with Gasteiger partial charge in [-0.2, -0.15) is 0 Å². The lowest BCUT2D eigenvalue weighted by molar-refractivity contribution is 0.475. The second kappa shape index (κ2) is 4.94.